The molecule has 0 aliphatic carbocycles. The molecule has 1 N–H and O–H groups in total. The lowest BCUT2D eigenvalue weighted by atomic mass is 10.1. The van der Waals surface area contributed by atoms with Gasteiger partial charge >= 0.3 is 6.03 Å². The average Bonchev–Trinajstić information content (AvgIpc) is 3.23. The number of rotatable bonds is 5. The Bertz CT molecular complexity index is 397. The third-order valence-corrected chi connectivity index (χ3v) is 5.18. The molecule has 0 aromatic rings. The summed E-state index contributed by atoms with van der Waals surface area (Å²) < 4.78 is 0. The summed E-state index contributed by atoms with van der Waals surface area (Å²) in [4.78, 5) is 19.3. The fraction of sp³-hybridized carbons (Fsp3) is 0.824. The van der Waals surface area contributed by atoms with E-state index in [2.05, 4.69) is 34.2 Å². The van der Waals surface area contributed by atoms with Gasteiger partial charge in [-0.15, -0.1) is 0 Å². The molecule has 0 bridgehead atoms. The average molecular weight is 306 g/mol. The van der Waals surface area contributed by atoms with Crippen molar-refractivity contribution in [3.05, 3.63) is 12.2 Å². The zero-order valence-corrected chi connectivity index (χ0v) is 13.8. The predicted molar refractivity (Wildman–Crippen MR) is 88.9 cm³/mol. The number of amides is 2. The normalized spacial score (nSPS) is 27.7. The van der Waals surface area contributed by atoms with E-state index in [1.807, 2.05) is 4.90 Å². The van der Waals surface area contributed by atoms with Crippen LogP contribution in [-0.2, 0) is 0 Å². The van der Waals surface area contributed by atoms with Gasteiger partial charge in [0.05, 0.1) is 0 Å². The van der Waals surface area contributed by atoms with Crippen LogP contribution in [0.15, 0.2) is 12.2 Å². The third kappa shape index (κ3) is 4.02. The fourth-order valence-corrected chi connectivity index (χ4v) is 3.86. The van der Waals surface area contributed by atoms with Crippen LogP contribution in [0.4, 0.5) is 4.79 Å². The van der Waals surface area contributed by atoms with Gasteiger partial charge in [0, 0.05) is 45.3 Å². The quantitative estimate of drug-likeness (QED) is 0.780. The summed E-state index contributed by atoms with van der Waals surface area (Å²) in [6.07, 6.45) is 8.23. The Hall–Kier alpha value is -1.07. The molecule has 124 valence electrons. The molecule has 22 heavy (non-hydrogen) atoms. The number of urea groups is 1. The first-order valence-corrected chi connectivity index (χ1v) is 8.86. The summed E-state index contributed by atoms with van der Waals surface area (Å²) in [6.45, 7) is 10.5. The highest BCUT2D eigenvalue weighted by Gasteiger charge is 2.30. The Labute approximate surface area is 134 Å². The molecule has 0 aromatic carbocycles. The number of carbonyl (C=O) groups excluding carboxylic acids is 1. The molecular weight excluding hydrogens is 276 g/mol. The SMILES string of the molecule is C[C@@H](CNC(=O)N1CC[C@@H](N2CC=CC2)C1)CN1CCCC1. The van der Waals surface area contributed by atoms with Crippen LogP contribution in [-0.4, -0.2) is 79.1 Å². The minimum atomic E-state index is 0.128. The number of hydrogen-bond acceptors (Lipinski definition) is 3. The topological polar surface area (TPSA) is 38.8 Å². The molecule has 0 radical (unpaired) electrons. The van der Waals surface area contributed by atoms with Gasteiger partial charge in [-0.05, 0) is 38.3 Å². The molecule has 5 heteroatoms. The lowest BCUT2D eigenvalue weighted by Gasteiger charge is -2.25. The van der Waals surface area contributed by atoms with Crippen LogP contribution < -0.4 is 5.32 Å². The smallest absolute Gasteiger partial charge is 0.317 e. The maximum Gasteiger partial charge on any atom is 0.317 e. The van der Waals surface area contributed by atoms with Crippen LogP contribution in [0.1, 0.15) is 26.2 Å². The predicted octanol–water partition coefficient (Wildman–Crippen LogP) is 1.37. The van der Waals surface area contributed by atoms with Gasteiger partial charge in [0.15, 0.2) is 0 Å². The highest BCUT2D eigenvalue weighted by atomic mass is 16.2. The molecule has 2 amide bonds. The van der Waals surface area contributed by atoms with Crippen LogP contribution >= 0.6 is 0 Å². The van der Waals surface area contributed by atoms with Crippen molar-refractivity contribution in [3.63, 3.8) is 0 Å². The molecule has 2 fully saturated rings. The lowest BCUT2D eigenvalue weighted by Crippen LogP contribution is -2.43. The van der Waals surface area contributed by atoms with E-state index in [-0.39, 0.29) is 6.03 Å². The van der Waals surface area contributed by atoms with Crippen molar-refractivity contribution in [1.29, 1.82) is 0 Å². The molecule has 3 aliphatic rings. The molecular formula is C17H30N4O. The molecule has 0 aromatic heterocycles. The van der Waals surface area contributed by atoms with Crippen LogP contribution in [0.3, 0.4) is 0 Å². The molecule has 0 saturated carbocycles. The van der Waals surface area contributed by atoms with Crippen molar-refractivity contribution >= 4 is 6.03 Å². The van der Waals surface area contributed by atoms with Crippen molar-refractivity contribution in [2.24, 2.45) is 5.92 Å². The zero-order chi connectivity index (χ0) is 15.4. The summed E-state index contributed by atoms with van der Waals surface area (Å²) in [5.41, 5.74) is 0. The zero-order valence-electron chi connectivity index (χ0n) is 13.8. The van der Waals surface area contributed by atoms with Gasteiger partial charge in [-0.1, -0.05) is 19.1 Å². The number of likely N-dealkylation sites (tertiary alicyclic amines) is 2. The van der Waals surface area contributed by atoms with E-state index in [4.69, 9.17) is 0 Å². The molecule has 5 nitrogen and oxygen atoms in total. The van der Waals surface area contributed by atoms with Gasteiger partial charge in [-0.3, -0.25) is 4.90 Å². The summed E-state index contributed by atoms with van der Waals surface area (Å²) in [6, 6.07) is 0.672. The van der Waals surface area contributed by atoms with E-state index in [1.165, 1.54) is 25.9 Å². The number of nitrogens with zero attached hydrogens (tertiary/aromatic N) is 3. The van der Waals surface area contributed by atoms with E-state index in [1.54, 1.807) is 0 Å². The van der Waals surface area contributed by atoms with Gasteiger partial charge in [-0.25, -0.2) is 4.79 Å². The second-order valence-corrected chi connectivity index (χ2v) is 7.11. The minimum Gasteiger partial charge on any atom is -0.338 e. The lowest BCUT2D eigenvalue weighted by molar-refractivity contribution is 0.196. The van der Waals surface area contributed by atoms with Crippen molar-refractivity contribution in [2.45, 2.75) is 32.2 Å². The first-order chi connectivity index (χ1) is 10.7. The minimum absolute atomic E-state index is 0.128. The molecule has 3 aliphatic heterocycles. The van der Waals surface area contributed by atoms with Gasteiger partial charge in [0.1, 0.15) is 0 Å². The van der Waals surface area contributed by atoms with Crippen molar-refractivity contribution in [3.8, 4) is 0 Å². The summed E-state index contributed by atoms with van der Waals surface area (Å²) in [7, 11) is 0. The Morgan fingerprint density at radius 2 is 1.95 bits per heavy atom. The number of nitrogens with one attached hydrogen (secondary N) is 1. The largest absolute Gasteiger partial charge is 0.338 e. The molecule has 0 spiro atoms. The van der Waals surface area contributed by atoms with Crippen LogP contribution in [0.25, 0.3) is 0 Å². The fourth-order valence-electron chi connectivity index (χ4n) is 3.86. The van der Waals surface area contributed by atoms with Gasteiger partial charge < -0.3 is 15.1 Å². The molecule has 2 saturated heterocycles. The molecule has 2 atom stereocenters. The monoisotopic (exact) mass is 306 g/mol. The summed E-state index contributed by atoms with van der Waals surface area (Å²) >= 11 is 0. The molecule has 0 unspecified atom stereocenters. The second kappa shape index (κ2) is 7.47. The van der Waals surface area contributed by atoms with E-state index < -0.39 is 0 Å². The molecule has 3 rings (SSSR count). The summed E-state index contributed by atoms with van der Waals surface area (Å²) in [5, 5.41) is 3.14. The maximum atomic E-state index is 12.3. The number of carbonyl (C=O) groups is 1. The highest BCUT2D eigenvalue weighted by molar-refractivity contribution is 5.74. The van der Waals surface area contributed by atoms with E-state index in [0.717, 1.165) is 45.7 Å². The first kappa shape index (κ1) is 15.8. The Morgan fingerprint density at radius 3 is 2.68 bits per heavy atom. The van der Waals surface area contributed by atoms with Crippen LogP contribution in [0.2, 0.25) is 0 Å². The molecule has 3 heterocycles. The van der Waals surface area contributed by atoms with E-state index >= 15 is 0 Å². The first-order valence-electron chi connectivity index (χ1n) is 8.86. The Balaban J connectivity index is 1.35. The van der Waals surface area contributed by atoms with Gasteiger partial charge in [-0.2, -0.15) is 0 Å². The second-order valence-electron chi connectivity index (χ2n) is 7.11. The van der Waals surface area contributed by atoms with Crippen molar-refractivity contribution < 1.29 is 4.79 Å². The van der Waals surface area contributed by atoms with Crippen LogP contribution in [0, 0.1) is 5.92 Å². The van der Waals surface area contributed by atoms with Crippen molar-refractivity contribution in [2.75, 3.05) is 52.4 Å². The Morgan fingerprint density at radius 1 is 1.23 bits per heavy atom. The third-order valence-electron chi connectivity index (χ3n) is 5.18. The van der Waals surface area contributed by atoms with Crippen molar-refractivity contribution in [1.82, 2.24) is 20.0 Å². The summed E-state index contributed by atoms with van der Waals surface area (Å²) in [5.74, 6) is 0.531. The standard InChI is InChI=1S/C17H30N4O/c1-15(13-19-7-2-3-8-19)12-18-17(22)21-11-6-16(14-21)20-9-4-5-10-20/h4-5,15-16H,2-3,6-14H2,1H3,(H,18,22)/t15-,16+/m0/s1. The van der Waals surface area contributed by atoms with E-state index in [9.17, 15) is 4.79 Å². The number of hydrogen-bond donors (Lipinski definition) is 1. The maximum absolute atomic E-state index is 12.3. The van der Waals surface area contributed by atoms with E-state index in [0.29, 0.717) is 12.0 Å². The highest BCUT2D eigenvalue weighted by Crippen LogP contribution is 2.18. The van der Waals surface area contributed by atoms with Gasteiger partial charge in [0.25, 0.3) is 0 Å². The Kier molecular flexibility index (Phi) is 5.37. The van der Waals surface area contributed by atoms with Crippen LogP contribution in [0.5, 0.6) is 0 Å². The van der Waals surface area contributed by atoms with Gasteiger partial charge in [0.2, 0.25) is 0 Å².